The molecule has 2 atom stereocenters. The Hall–Kier alpha value is -1.77. The Morgan fingerprint density at radius 2 is 2.00 bits per heavy atom. The molecule has 0 aliphatic carbocycles. The third-order valence-electron chi connectivity index (χ3n) is 2.78. The van der Waals surface area contributed by atoms with Crippen LogP contribution < -0.4 is 0 Å². The minimum atomic E-state index is -0.643. The fraction of sp³-hybridized carbons (Fsp3) is 0.400. The Balaban J connectivity index is 2.68. The molecule has 0 bridgehead atoms. The van der Waals surface area contributed by atoms with Gasteiger partial charge in [-0.2, -0.15) is 5.26 Å². The number of benzene rings is 1. The normalized spacial score (nSPS) is 13.4. The zero-order chi connectivity index (χ0) is 12.7. The summed E-state index contributed by atoms with van der Waals surface area (Å²) in [5.41, 5.74) is 2.01. The minimum Gasteiger partial charge on any atom is -0.391 e. The molecule has 2 nitrogen and oxygen atoms in total. The van der Waals surface area contributed by atoms with Crippen LogP contribution in [0.15, 0.2) is 24.3 Å². The van der Waals surface area contributed by atoms with Crippen molar-refractivity contribution >= 4 is 0 Å². The fourth-order valence-corrected chi connectivity index (χ4v) is 1.74. The number of aliphatic hydroxyl groups is 1. The van der Waals surface area contributed by atoms with E-state index in [1.807, 2.05) is 31.2 Å². The van der Waals surface area contributed by atoms with E-state index < -0.39 is 12.0 Å². The number of nitrogens with zero attached hydrogens (tertiary/aromatic N) is 1. The molecule has 0 aromatic heterocycles. The van der Waals surface area contributed by atoms with Gasteiger partial charge < -0.3 is 5.11 Å². The van der Waals surface area contributed by atoms with Crippen molar-refractivity contribution in [3.05, 3.63) is 35.4 Å². The highest BCUT2D eigenvalue weighted by Gasteiger charge is 2.20. The fourth-order valence-electron chi connectivity index (χ4n) is 1.74. The molecule has 1 aromatic carbocycles. The van der Waals surface area contributed by atoms with Gasteiger partial charge in [0.15, 0.2) is 0 Å². The topological polar surface area (TPSA) is 44.0 Å². The Kier molecular flexibility index (Phi) is 5.27. The van der Waals surface area contributed by atoms with Crippen LogP contribution in [0.25, 0.3) is 0 Å². The molecular weight excluding hydrogens is 210 g/mol. The predicted molar refractivity (Wildman–Crippen MR) is 68.2 cm³/mol. The summed E-state index contributed by atoms with van der Waals surface area (Å²) in [6, 6.07) is 9.86. The van der Waals surface area contributed by atoms with Crippen LogP contribution in [0.1, 0.15) is 36.3 Å². The first-order valence-corrected chi connectivity index (χ1v) is 5.76. The van der Waals surface area contributed by atoms with E-state index in [-0.39, 0.29) is 0 Å². The van der Waals surface area contributed by atoms with Crippen molar-refractivity contribution in [1.29, 1.82) is 5.26 Å². The second kappa shape index (κ2) is 6.74. The first kappa shape index (κ1) is 13.3. The smallest absolute Gasteiger partial charge is 0.0971 e. The summed E-state index contributed by atoms with van der Waals surface area (Å²) in [5, 5.41) is 19.1. The number of nitriles is 1. The van der Waals surface area contributed by atoms with Crippen molar-refractivity contribution in [3.8, 4) is 18.4 Å². The van der Waals surface area contributed by atoms with E-state index in [9.17, 15) is 5.11 Å². The van der Waals surface area contributed by atoms with E-state index in [0.29, 0.717) is 12.8 Å². The minimum absolute atomic E-state index is 0.464. The van der Waals surface area contributed by atoms with Crippen molar-refractivity contribution < 1.29 is 5.11 Å². The number of terminal acetylenes is 1. The zero-order valence-corrected chi connectivity index (χ0v) is 10.1. The summed E-state index contributed by atoms with van der Waals surface area (Å²) in [7, 11) is 0. The molecule has 1 aromatic rings. The highest BCUT2D eigenvalue weighted by atomic mass is 16.3. The molecule has 0 saturated carbocycles. The Labute approximate surface area is 103 Å². The molecule has 1 N–H and O–H groups in total. The number of rotatable bonds is 5. The van der Waals surface area contributed by atoms with Crippen LogP contribution in [0.2, 0.25) is 0 Å². The van der Waals surface area contributed by atoms with Crippen LogP contribution in [0.4, 0.5) is 0 Å². The summed E-state index contributed by atoms with van der Waals surface area (Å²) in [6.45, 7) is 1.99. The lowest BCUT2D eigenvalue weighted by Crippen LogP contribution is -2.17. The Morgan fingerprint density at radius 1 is 1.35 bits per heavy atom. The van der Waals surface area contributed by atoms with Crippen molar-refractivity contribution in [2.24, 2.45) is 0 Å². The van der Waals surface area contributed by atoms with Gasteiger partial charge in [-0.25, -0.2) is 0 Å². The molecular formula is C15H17NO. The number of hydrogen-bond acceptors (Lipinski definition) is 2. The largest absolute Gasteiger partial charge is 0.391 e. The van der Waals surface area contributed by atoms with E-state index in [1.54, 1.807) is 0 Å². The second-order valence-electron chi connectivity index (χ2n) is 4.18. The average molecular weight is 227 g/mol. The van der Waals surface area contributed by atoms with Crippen LogP contribution in [-0.2, 0) is 0 Å². The molecule has 0 spiro atoms. The Bertz CT molecular complexity index is 422. The van der Waals surface area contributed by atoms with Crippen molar-refractivity contribution in [1.82, 2.24) is 0 Å². The summed E-state index contributed by atoms with van der Waals surface area (Å²) >= 11 is 0. The third-order valence-corrected chi connectivity index (χ3v) is 2.78. The van der Waals surface area contributed by atoms with Crippen LogP contribution in [0, 0.1) is 30.6 Å². The number of aryl methyl sites for hydroxylation is 1. The monoisotopic (exact) mass is 227 g/mol. The maximum Gasteiger partial charge on any atom is 0.0971 e. The SMILES string of the molecule is C#CCCCC(O)C(C#N)c1ccc(C)cc1. The highest BCUT2D eigenvalue weighted by Crippen LogP contribution is 2.22. The van der Waals surface area contributed by atoms with Gasteiger partial charge >= 0.3 is 0 Å². The number of unbranched alkanes of at least 4 members (excludes halogenated alkanes) is 1. The molecule has 0 fully saturated rings. The van der Waals surface area contributed by atoms with Gasteiger partial charge in [-0.3, -0.25) is 0 Å². The summed E-state index contributed by atoms with van der Waals surface area (Å²) < 4.78 is 0. The van der Waals surface area contributed by atoms with Gasteiger partial charge in [-0.05, 0) is 25.3 Å². The summed E-state index contributed by atoms with van der Waals surface area (Å²) in [5.74, 6) is 2.07. The molecule has 0 heterocycles. The maximum atomic E-state index is 9.97. The standard InChI is InChI=1S/C15H17NO/c1-3-4-5-6-15(17)14(11-16)13-9-7-12(2)8-10-13/h1,7-10,14-15,17H,4-6H2,2H3. The van der Waals surface area contributed by atoms with E-state index in [1.165, 1.54) is 0 Å². The second-order valence-corrected chi connectivity index (χ2v) is 4.18. The van der Waals surface area contributed by atoms with Gasteiger partial charge in [0.1, 0.15) is 0 Å². The summed E-state index contributed by atoms with van der Waals surface area (Å²) in [4.78, 5) is 0. The Morgan fingerprint density at radius 3 is 2.53 bits per heavy atom. The molecule has 0 aliphatic rings. The van der Waals surface area contributed by atoms with Crippen molar-refractivity contribution in [2.45, 2.75) is 38.2 Å². The molecule has 0 aliphatic heterocycles. The van der Waals surface area contributed by atoms with Crippen molar-refractivity contribution in [3.63, 3.8) is 0 Å². The molecule has 0 amide bonds. The highest BCUT2D eigenvalue weighted by molar-refractivity contribution is 5.29. The van der Waals surface area contributed by atoms with Gasteiger partial charge in [0, 0.05) is 6.42 Å². The van der Waals surface area contributed by atoms with Crippen LogP contribution in [-0.4, -0.2) is 11.2 Å². The lowest BCUT2D eigenvalue weighted by Gasteiger charge is -2.16. The molecule has 2 unspecified atom stereocenters. The number of aliphatic hydroxyl groups excluding tert-OH is 1. The predicted octanol–water partition coefficient (Wildman–Crippen LogP) is 2.77. The molecule has 2 heteroatoms. The van der Waals surface area contributed by atoms with E-state index >= 15 is 0 Å². The van der Waals surface area contributed by atoms with Gasteiger partial charge in [0.2, 0.25) is 0 Å². The average Bonchev–Trinajstić information content (AvgIpc) is 2.33. The molecule has 0 saturated heterocycles. The van der Waals surface area contributed by atoms with E-state index in [2.05, 4.69) is 12.0 Å². The van der Waals surface area contributed by atoms with Gasteiger partial charge in [-0.15, -0.1) is 12.3 Å². The van der Waals surface area contributed by atoms with E-state index in [4.69, 9.17) is 11.7 Å². The lowest BCUT2D eigenvalue weighted by molar-refractivity contribution is 0.149. The third kappa shape index (κ3) is 3.94. The van der Waals surface area contributed by atoms with Crippen molar-refractivity contribution in [2.75, 3.05) is 0 Å². The first-order chi connectivity index (χ1) is 8.19. The lowest BCUT2D eigenvalue weighted by atomic mass is 9.91. The van der Waals surface area contributed by atoms with Crippen LogP contribution in [0.5, 0.6) is 0 Å². The van der Waals surface area contributed by atoms with Gasteiger partial charge in [-0.1, -0.05) is 29.8 Å². The molecule has 17 heavy (non-hydrogen) atoms. The maximum absolute atomic E-state index is 9.97. The quantitative estimate of drug-likeness (QED) is 0.621. The first-order valence-electron chi connectivity index (χ1n) is 5.76. The summed E-state index contributed by atoms with van der Waals surface area (Å²) in [6.07, 6.45) is 6.47. The van der Waals surface area contributed by atoms with Crippen LogP contribution in [0.3, 0.4) is 0 Å². The van der Waals surface area contributed by atoms with Gasteiger partial charge in [0.25, 0.3) is 0 Å². The van der Waals surface area contributed by atoms with Crippen LogP contribution >= 0.6 is 0 Å². The molecule has 1 rings (SSSR count). The molecule has 88 valence electrons. The van der Waals surface area contributed by atoms with Gasteiger partial charge in [0.05, 0.1) is 18.1 Å². The van der Waals surface area contributed by atoms with E-state index in [0.717, 1.165) is 17.5 Å². The zero-order valence-electron chi connectivity index (χ0n) is 10.1. The number of hydrogen-bond donors (Lipinski definition) is 1. The molecule has 0 radical (unpaired) electrons.